The van der Waals surface area contributed by atoms with Gasteiger partial charge in [0.15, 0.2) is 23.0 Å². The number of benzene rings is 2. The van der Waals surface area contributed by atoms with E-state index in [-0.39, 0.29) is 41.0 Å². The van der Waals surface area contributed by atoms with Crippen molar-refractivity contribution in [3.8, 4) is 5.75 Å². The van der Waals surface area contributed by atoms with Gasteiger partial charge >= 0.3 is 0 Å². The van der Waals surface area contributed by atoms with E-state index in [0.29, 0.717) is 17.7 Å². The highest BCUT2D eigenvalue weighted by Gasteiger charge is 2.29. The van der Waals surface area contributed by atoms with E-state index in [1.165, 1.54) is 31.4 Å². The number of fused-ring (bicyclic) bond motifs is 2. The number of methoxy groups -OCH3 is 1. The minimum atomic E-state index is -0.779. The first-order valence-corrected chi connectivity index (χ1v) is 13.8. The molecule has 11 heteroatoms. The molecular formula is C32H33F2N5O4. The predicted molar refractivity (Wildman–Crippen MR) is 157 cm³/mol. The Kier molecular flexibility index (Phi) is 7.92. The topological polar surface area (TPSA) is 107 Å². The van der Waals surface area contributed by atoms with Crippen molar-refractivity contribution < 1.29 is 27.8 Å². The molecule has 224 valence electrons. The summed E-state index contributed by atoms with van der Waals surface area (Å²) in [5, 5.41) is 9.66. The SMILES string of the molecule is C=C(OC(C)(C)C)c1ccc2c(c1C)CCC2NC(=O)c1cc(C(=O)NCc2ccc(F)c(OC)c2)nc2c(F)cnn12. The highest BCUT2D eigenvalue weighted by atomic mass is 19.1. The van der Waals surface area contributed by atoms with Crippen LogP contribution in [-0.2, 0) is 17.7 Å². The molecule has 0 spiro atoms. The fraction of sp³-hybridized carbons (Fsp3) is 0.312. The number of hydrogen-bond acceptors (Lipinski definition) is 6. The monoisotopic (exact) mass is 589 g/mol. The van der Waals surface area contributed by atoms with E-state index in [9.17, 15) is 18.4 Å². The van der Waals surface area contributed by atoms with E-state index in [4.69, 9.17) is 9.47 Å². The Morgan fingerprint density at radius 2 is 1.88 bits per heavy atom. The van der Waals surface area contributed by atoms with Crippen LogP contribution < -0.4 is 15.4 Å². The summed E-state index contributed by atoms with van der Waals surface area (Å²) in [6.45, 7) is 12.0. The molecule has 0 radical (unpaired) electrons. The molecule has 0 fully saturated rings. The second-order valence-corrected chi connectivity index (χ2v) is 11.4. The van der Waals surface area contributed by atoms with Gasteiger partial charge in [-0.15, -0.1) is 0 Å². The minimum absolute atomic E-state index is 0.0268. The van der Waals surface area contributed by atoms with E-state index in [1.54, 1.807) is 0 Å². The van der Waals surface area contributed by atoms with Crippen molar-refractivity contribution >= 4 is 23.2 Å². The van der Waals surface area contributed by atoms with Crippen LogP contribution in [0, 0.1) is 18.6 Å². The lowest BCUT2D eigenvalue weighted by molar-refractivity contribution is 0.0927. The van der Waals surface area contributed by atoms with Crippen LogP contribution in [0.2, 0.25) is 0 Å². The average Bonchev–Trinajstić information content (AvgIpc) is 3.54. The first-order valence-electron chi connectivity index (χ1n) is 13.8. The molecule has 0 saturated heterocycles. The van der Waals surface area contributed by atoms with Crippen LogP contribution in [0.3, 0.4) is 0 Å². The smallest absolute Gasteiger partial charge is 0.270 e. The summed E-state index contributed by atoms with van der Waals surface area (Å²) in [6, 6.07) is 9.06. The number of rotatable bonds is 8. The highest BCUT2D eigenvalue weighted by Crippen LogP contribution is 2.37. The molecule has 1 aliphatic rings. The number of hydrogen-bond donors (Lipinski definition) is 2. The standard InChI is InChI=1S/C32H33F2N5O4/c1-17-20(18(2)43-32(3,4)5)8-9-22-21(17)10-12-25(22)38-31(41)27-14-26(37-29-24(34)16-36-39(27)29)30(40)35-15-19-7-11-23(33)28(13-19)42-6/h7-9,11,13-14,16,25H,2,10,12,15H2,1,3-6H3,(H,35,40)(H,38,41). The van der Waals surface area contributed by atoms with E-state index >= 15 is 0 Å². The lowest BCUT2D eigenvalue weighted by Crippen LogP contribution is -2.30. The maximum Gasteiger partial charge on any atom is 0.270 e. The molecule has 2 amide bonds. The van der Waals surface area contributed by atoms with Crippen LogP contribution in [0.1, 0.15) is 82.0 Å². The first-order chi connectivity index (χ1) is 20.4. The molecule has 5 rings (SSSR count). The number of halogens is 2. The van der Waals surface area contributed by atoms with Gasteiger partial charge in [-0.05, 0) is 74.9 Å². The van der Waals surface area contributed by atoms with Gasteiger partial charge in [0, 0.05) is 18.2 Å². The number of aromatic nitrogens is 3. The van der Waals surface area contributed by atoms with Gasteiger partial charge in [0.2, 0.25) is 0 Å². The maximum absolute atomic E-state index is 14.6. The lowest BCUT2D eigenvalue weighted by atomic mass is 9.97. The Morgan fingerprint density at radius 1 is 1.12 bits per heavy atom. The van der Waals surface area contributed by atoms with Crippen molar-refractivity contribution in [1.29, 1.82) is 0 Å². The van der Waals surface area contributed by atoms with Gasteiger partial charge in [-0.2, -0.15) is 5.10 Å². The molecule has 1 unspecified atom stereocenters. The van der Waals surface area contributed by atoms with Gasteiger partial charge < -0.3 is 20.1 Å². The summed E-state index contributed by atoms with van der Waals surface area (Å²) in [4.78, 5) is 30.7. The van der Waals surface area contributed by atoms with Crippen molar-refractivity contribution in [2.75, 3.05) is 7.11 Å². The molecule has 2 N–H and O–H groups in total. The van der Waals surface area contributed by atoms with Crippen LogP contribution in [0.25, 0.3) is 11.4 Å². The Morgan fingerprint density at radius 3 is 2.60 bits per heavy atom. The second kappa shape index (κ2) is 11.5. The molecule has 1 aliphatic carbocycles. The van der Waals surface area contributed by atoms with Crippen LogP contribution in [0.15, 0.2) is 49.2 Å². The molecule has 2 aromatic heterocycles. The normalized spacial score (nSPS) is 14.3. The Bertz CT molecular complexity index is 1760. The molecule has 2 heterocycles. The van der Waals surface area contributed by atoms with Crippen molar-refractivity contribution in [3.05, 3.63) is 100 Å². The maximum atomic E-state index is 14.6. The molecule has 0 saturated carbocycles. The second-order valence-electron chi connectivity index (χ2n) is 11.4. The van der Waals surface area contributed by atoms with Crippen molar-refractivity contribution in [2.45, 2.75) is 58.7 Å². The predicted octanol–water partition coefficient (Wildman–Crippen LogP) is 5.46. The molecule has 0 bridgehead atoms. The minimum Gasteiger partial charge on any atom is -0.494 e. The van der Waals surface area contributed by atoms with E-state index in [0.717, 1.165) is 39.4 Å². The first kappa shape index (κ1) is 29.7. The Labute approximate surface area is 247 Å². The zero-order valence-electron chi connectivity index (χ0n) is 24.7. The lowest BCUT2D eigenvalue weighted by Gasteiger charge is -2.24. The van der Waals surface area contributed by atoms with Gasteiger partial charge in [-0.1, -0.05) is 24.8 Å². The summed E-state index contributed by atoms with van der Waals surface area (Å²) in [6.07, 6.45) is 2.34. The third-order valence-corrected chi connectivity index (χ3v) is 7.29. The van der Waals surface area contributed by atoms with Gasteiger partial charge in [0.25, 0.3) is 11.8 Å². The fourth-order valence-corrected chi connectivity index (χ4v) is 5.29. The van der Waals surface area contributed by atoms with Gasteiger partial charge in [0.05, 0.1) is 19.3 Å². The van der Waals surface area contributed by atoms with Crippen molar-refractivity contribution in [1.82, 2.24) is 25.2 Å². The summed E-state index contributed by atoms with van der Waals surface area (Å²) in [5.74, 6) is -1.87. The van der Waals surface area contributed by atoms with Crippen LogP contribution in [-0.4, -0.2) is 39.1 Å². The third kappa shape index (κ3) is 6.06. The van der Waals surface area contributed by atoms with Crippen LogP contribution in [0.4, 0.5) is 8.78 Å². The molecule has 4 aromatic rings. The fourth-order valence-electron chi connectivity index (χ4n) is 5.29. The molecular weight excluding hydrogens is 556 g/mol. The quantitative estimate of drug-likeness (QED) is 0.265. The van der Waals surface area contributed by atoms with Crippen LogP contribution in [0.5, 0.6) is 5.75 Å². The number of amides is 2. The van der Waals surface area contributed by atoms with Gasteiger partial charge in [-0.25, -0.2) is 18.3 Å². The number of nitrogens with one attached hydrogen (secondary N) is 2. The summed E-state index contributed by atoms with van der Waals surface area (Å²) in [5.41, 5.74) is 3.77. The number of carbonyl (C=O) groups is 2. The number of carbonyl (C=O) groups excluding carboxylic acids is 2. The molecule has 9 nitrogen and oxygen atoms in total. The van der Waals surface area contributed by atoms with Gasteiger partial charge in [0.1, 0.15) is 22.7 Å². The van der Waals surface area contributed by atoms with E-state index in [1.807, 2.05) is 39.8 Å². The molecule has 1 atom stereocenters. The van der Waals surface area contributed by atoms with E-state index < -0.39 is 23.4 Å². The number of nitrogens with zero attached hydrogens (tertiary/aromatic N) is 3. The van der Waals surface area contributed by atoms with Crippen LogP contribution >= 0.6 is 0 Å². The molecule has 0 aliphatic heterocycles. The zero-order chi connectivity index (χ0) is 31.1. The summed E-state index contributed by atoms with van der Waals surface area (Å²) < 4.78 is 40.4. The highest BCUT2D eigenvalue weighted by molar-refractivity contribution is 5.98. The summed E-state index contributed by atoms with van der Waals surface area (Å²) >= 11 is 0. The van der Waals surface area contributed by atoms with Gasteiger partial charge in [-0.3, -0.25) is 9.59 Å². The number of ether oxygens (including phenoxy) is 2. The van der Waals surface area contributed by atoms with Crippen molar-refractivity contribution in [2.24, 2.45) is 0 Å². The third-order valence-electron chi connectivity index (χ3n) is 7.29. The Hall–Kier alpha value is -4.80. The Balaban J connectivity index is 1.37. The molecule has 2 aromatic carbocycles. The largest absolute Gasteiger partial charge is 0.494 e. The zero-order valence-corrected chi connectivity index (χ0v) is 24.7. The average molecular weight is 590 g/mol. The summed E-state index contributed by atoms with van der Waals surface area (Å²) in [7, 11) is 1.34. The molecule has 43 heavy (non-hydrogen) atoms. The van der Waals surface area contributed by atoms with E-state index in [2.05, 4.69) is 27.3 Å². The van der Waals surface area contributed by atoms with Crippen molar-refractivity contribution in [3.63, 3.8) is 0 Å².